The zero-order valence-corrected chi connectivity index (χ0v) is 7.34. The molecule has 0 aromatic heterocycles. The number of rotatable bonds is 2. The summed E-state index contributed by atoms with van der Waals surface area (Å²) in [6.45, 7) is 2.12. The summed E-state index contributed by atoms with van der Waals surface area (Å²) in [6.07, 6.45) is 5.46. The first-order chi connectivity index (χ1) is 5.83. The lowest BCUT2D eigenvalue weighted by Gasteiger charge is -1.99. The topological polar surface area (TPSA) is 35.5 Å². The smallest absolute Gasteiger partial charge is 0.434 e. The fourth-order valence-corrected chi connectivity index (χ4v) is 1.23. The molecule has 68 valence electrons. The summed E-state index contributed by atoms with van der Waals surface area (Å²) in [6, 6.07) is 0. The fraction of sp³-hybridized carbons (Fsp3) is 0.667. The Morgan fingerprint density at radius 3 is 2.75 bits per heavy atom. The molecule has 0 radical (unpaired) electrons. The summed E-state index contributed by atoms with van der Waals surface area (Å²) in [5, 5.41) is 0. The Morgan fingerprint density at radius 2 is 2.17 bits per heavy atom. The Bertz CT molecular complexity index is 176. The van der Waals surface area contributed by atoms with Crippen LogP contribution < -0.4 is 0 Å². The molecule has 0 aromatic carbocycles. The van der Waals surface area contributed by atoms with Crippen molar-refractivity contribution in [2.45, 2.75) is 32.6 Å². The molecule has 0 heterocycles. The van der Waals surface area contributed by atoms with Crippen molar-refractivity contribution >= 4 is 6.16 Å². The highest BCUT2D eigenvalue weighted by Crippen LogP contribution is 2.23. The van der Waals surface area contributed by atoms with Gasteiger partial charge in [0, 0.05) is 0 Å². The van der Waals surface area contributed by atoms with E-state index in [1.165, 1.54) is 24.7 Å². The number of ether oxygens (including phenoxy) is 2. The predicted octanol–water partition coefficient (Wildman–Crippen LogP) is 2.62. The van der Waals surface area contributed by atoms with Crippen LogP contribution in [0.4, 0.5) is 4.79 Å². The molecule has 0 aliphatic heterocycles. The van der Waals surface area contributed by atoms with Gasteiger partial charge in [-0.25, -0.2) is 4.79 Å². The standard InChI is InChI=1S/C9H14O3/c1-2-11-9(10)12-7-8-5-3-4-6-8/h7H,2-6H2,1H3. The van der Waals surface area contributed by atoms with Gasteiger partial charge >= 0.3 is 6.16 Å². The fourth-order valence-electron chi connectivity index (χ4n) is 1.23. The average Bonchev–Trinajstić information content (AvgIpc) is 2.53. The second-order valence-electron chi connectivity index (χ2n) is 2.78. The molecule has 3 nitrogen and oxygen atoms in total. The van der Waals surface area contributed by atoms with Gasteiger partial charge in [-0.05, 0) is 38.2 Å². The lowest BCUT2D eigenvalue weighted by Crippen LogP contribution is -2.02. The molecule has 0 N–H and O–H groups in total. The van der Waals surface area contributed by atoms with E-state index in [2.05, 4.69) is 4.74 Å². The summed E-state index contributed by atoms with van der Waals surface area (Å²) in [7, 11) is 0. The summed E-state index contributed by atoms with van der Waals surface area (Å²) in [5.74, 6) is 0. The monoisotopic (exact) mass is 170 g/mol. The van der Waals surface area contributed by atoms with Gasteiger partial charge in [-0.15, -0.1) is 0 Å². The van der Waals surface area contributed by atoms with Gasteiger partial charge in [0.2, 0.25) is 0 Å². The lowest BCUT2D eigenvalue weighted by molar-refractivity contribution is 0.0888. The Morgan fingerprint density at radius 1 is 1.50 bits per heavy atom. The minimum absolute atomic E-state index is 0.363. The van der Waals surface area contributed by atoms with Crippen molar-refractivity contribution in [2.24, 2.45) is 0 Å². The maximum absolute atomic E-state index is 10.7. The van der Waals surface area contributed by atoms with Crippen molar-refractivity contribution in [3.05, 3.63) is 11.8 Å². The number of carbonyl (C=O) groups is 1. The van der Waals surface area contributed by atoms with Gasteiger partial charge in [0.15, 0.2) is 0 Å². The molecule has 1 rings (SSSR count). The third-order valence-electron chi connectivity index (χ3n) is 1.83. The molecule has 1 fully saturated rings. The van der Waals surface area contributed by atoms with Crippen molar-refractivity contribution in [1.29, 1.82) is 0 Å². The molecular formula is C9H14O3. The van der Waals surface area contributed by atoms with Gasteiger partial charge in [0.05, 0.1) is 12.9 Å². The van der Waals surface area contributed by atoms with Crippen molar-refractivity contribution in [3.8, 4) is 0 Å². The highest BCUT2D eigenvalue weighted by molar-refractivity contribution is 5.60. The normalized spacial score (nSPS) is 15.9. The largest absolute Gasteiger partial charge is 0.513 e. The van der Waals surface area contributed by atoms with Crippen LogP contribution in [-0.2, 0) is 9.47 Å². The van der Waals surface area contributed by atoms with E-state index >= 15 is 0 Å². The average molecular weight is 170 g/mol. The Kier molecular flexibility index (Phi) is 3.64. The van der Waals surface area contributed by atoms with Gasteiger partial charge in [-0.3, -0.25) is 0 Å². The highest BCUT2D eigenvalue weighted by Gasteiger charge is 2.07. The third kappa shape index (κ3) is 2.95. The number of hydrogen-bond donors (Lipinski definition) is 0. The maximum atomic E-state index is 10.7. The Hall–Kier alpha value is -0.990. The summed E-state index contributed by atoms with van der Waals surface area (Å²) >= 11 is 0. The van der Waals surface area contributed by atoms with Crippen molar-refractivity contribution in [2.75, 3.05) is 6.61 Å². The van der Waals surface area contributed by atoms with Crippen LogP contribution in [0, 0.1) is 0 Å². The van der Waals surface area contributed by atoms with E-state index in [0.29, 0.717) is 6.61 Å². The molecule has 1 saturated carbocycles. The molecule has 12 heavy (non-hydrogen) atoms. The zero-order chi connectivity index (χ0) is 8.81. The van der Waals surface area contributed by atoms with Crippen LogP contribution in [0.1, 0.15) is 32.6 Å². The summed E-state index contributed by atoms with van der Waals surface area (Å²) < 4.78 is 9.34. The van der Waals surface area contributed by atoms with Gasteiger partial charge < -0.3 is 9.47 Å². The second-order valence-corrected chi connectivity index (χ2v) is 2.78. The molecule has 1 aliphatic rings. The van der Waals surface area contributed by atoms with Crippen molar-refractivity contribution in [3.63, 3.8) is 0 Å². The first-order valence-electron chi connectivity index (χ1n) is 4.34. The molecule has 0 amide bonds. The molecule has 0 spiro atoms. The van der Waals surface area contributed by atoms with E-state index in [-0.39, 0.29) is 0 Å². The molecule has 0 saturated heterocycles. The third-order valence-corrected chi connectivity index (χ3v) is 1.83. The Balaban J connectivity index is 2.22. The van der Waals surface area contributed by atoms with Gasteiger partial charge in [0.25, 0.3) is 0 Å². The summed E-state index contributed by atoms with van der Waals surface area (Å²) in [4.78, 5) is 10.7. The molecular weight excluding hydrogens is 156 g/mol. The minimum atomic E-state index is -0.600. The predicted molar refractivity (Wildman–Crippen MR) is 44.7 cm³/mol. The van der Waals surface area contributed by atoms with Crippen molar-refractivity contribution in [1.82, 2.24) is 0 Å². The van der Waals surface area contributed by atoms with Gasteiger partial charge in [0.1, 0.15) is 0 Å². The highest BCUT2D eigenvalue weighted by atomic mass is 16.7. The van der Waals surface area contributed by atoms with Gasteiger partial charge in [-0.2, -0.15) is 0 Å². The van der Waals surface area contributed by atoms with Crippen LogP contribution >= 0.6 is 0 Å². The van der Waals surface area contributed by atoms with Crippen LogP contribution in [-0.4, -0.2) is 12.8 Å². The maximum Gasteiger partial charge on any atom is 0.513 e. The quantitative estimate of drug-likeness (QED) is 0.472. The zero-order valence-electron chi connectivity index (χ0n) is 7.34. The van der Waals surface area contributed by atoms with E-state index < -0.39 is 6.16 Å². The molecule has 0 bridgehead atoms. The van der Waals surface area contributed by atoms with Crippen LogP contribution in [0.3, 0.4) is 0 Å². The van der Waals surface area contributed by atoms with E-state index in [4.69, 9.17) is 4.74 Å². The number of allylic oxidation sites excluding steroid dienone is 1. The molecule has 3 heteroatoms. The first-order valence-corrected chi connectivity index (χ1v) is 4.34. The van der Waals surface area contributed by atoms with Gasteiger partial charge in [-0.1, -0.05) is 0 Å². The van der Waals surface area contributed by atoms with Crippen molar-refractivity contribution < 1.29 is 14.3 Å². The van der Waals surface area contributed by atoms with E-state index in [1.54, 1.807) is 6.92 Å². The number of carbonyl (C=O) groups excluding carboxylic acids is 1. The van der Waals surface area contributed by atoms with E-state index in [9.17, 15) is 4.79 Å². The molecule has 0 aromatic rings. The van der Waals surface area contributed by atoms with Crippen LogP contribution in [0.5, 0.6) is 0 Å². The molecule has 1 aliphatic carbocycles. The van der Waals surface area contributed by atoms with E-state index in [1.807, 2.05) is 0 Å². The van der Waals surface area contributed by atoms with E-state index in [0.717, 1.165) is 12.8 Å². The van der Waals surface area contributed by atoms with Crippen LogP contribution in [0.25, 0.3) is 0 Å². The second kappa shape index (κ2) is 4.80. The molecule has 0 unspecified atom stereocenters. The summed E-state index contributed by atoms with van der Waals surface area (Å²) in [5.41, 5.74) is 1.21. The lowest BCUT2D eigenvalue weighted by atomic mass is 10.3. The first kappa shape index (κ1) is 9.10. The van der Waals surface area contributed by atoms with Crippen LogP contribution in [0.15, 0.2) is 11.8 Å². The molecule has 0 atom stereocenters. The van der Waals surface area contributed by atoms with Crippen LogP contribution in [0.2, 0.25) is 0 Å². The Labute approximate surface area is 72.4 Å². The minimum Gasteiger partial charge on any atom is -0.434 e. The SMILES string of the molecule is CCOC(=O)OC=C1CCCC1. The number of hydrogen-bond acceptors (Lipinski definition) is 3.